The zero-order valence-corrected chi connectivity index (χ0v) is 20.3. The van der Waals surface area contributed by atoms with Gasteiger partial charge in [0.2, 0.25) is 0 Å². The molecule has 3 aromatic heterocycles. The molecule has 5 rings (SSSR count). The normalized spacial score (nSPS) is 17.8. The number of aryl methyl sites for hydroxylation is 1. The molecule has 0 aliphatic heterocycles. The molecule has 0 spiro atoms. The van der Waals surface area contributed by atoms with Crippen molar-refractivity contribution in [2.24, 2.45) is 5.92 Å². The quantitative estimate of drug-likeness (QED) is 0.392. The Morgan fingerprint density at radius 1 is 1.03 bits per heavy atom. The minimum Gasteiger partial charge on any atom is -0.295 e. The highest BCUT2D eigenvalue weighted by Gasteiger charge is 2.36. The van der Waals surface area contributed by atoms with Gasteiger partial charge in [0.25, 0.3) is 10.0 Å². The van der Waals surface area contributed by atoms with Crippen LogP contribution in [-0.2, 0) is 10.0 Å². The number of hydrogen-bond acceptors (Lipinski definition) is 5. The zero-order chi connectivity index (χ0) is 23.9. The largest absolute Gasteiger partial charge is 0.295 e. The monoisotopic (exact) mass is 489 g/mol. The number of sulfonamides is 1. The van der Waals surface area contributed by atoms with Crippen molar-refractivity contribution in [3.63, 3.8) is 0 Å². The van der Waals surface area contributed by atoms with Crippen molar-refractivity contribution in [3.8, 4) is 5.69 Å². The fraction of sp³-hybridized carbons (Fsp3) is 0.154. The second kappa shape index (κ2) is 8.70. The first kappa shape index (κ1) is 22.3. The van der Waals surface area contributed by atoms with Gasteiger partial charge in [-0.25, -0.2) is 12.7 Å². The number of nitrogens with zero attached hydrogens (tertiary/aromatic N) is 3. The van der Waals surface area contributed by atoms with Gasteiger partial charge in [0.05, 0.1) is 16.9 Å². The molecule has 4 aromatic rings. The van der Waals surface area contributed by atoms with Gasteiger partial charge in [-0.15, -0.1) is 11.3 Å². The molecule has 172 valence electrons. The third kappa shape index (κ3) is 3.78. The fourth-order valence-corrected chi connectivity index (χ4v) is 7.01. The maximum Gasteiger partial charge on any atom is 0.275 e. The first-order valence-corrected chi connectivity index (χ1v) is 13.2. The van der Waals surface area contributed by atoms with Gasteiger partial charge < -0.3 is 0 Å². The van der Waals surface area contributed by atoms with E-state index in [-0.39, 0.29) is 15.6 Å². The molecule has 3 heterocycles. The summed E-state index contributed by atoms with van der Waals surface area (Å²) in [5, 5.41) is 2.17. The molecule has 0 saturated heterocycles. The average Bonchev–Trinajstić information content (AvgIpc) is 3.37. The van der Waals surface area contributed by atoms with Crippen LogP contribution < -0.4 is 9.73 Å². The Hall–Kier alpha value is -3.49. The number of aromatic nitrogens is 2. The summed E-state index contributed by atoms with van der Waals surface area (Å²) in [6.45, 7) is 3.82. The number of fused-ring (bicyclic) bond motifs is 1. The van der Waals surface area contributed by atoms with E-state index in [9.17, 15) is 13.2 Å². The summed E-state index contributed by atoms with van der Waals surface area (Å²) in [7, 11) is -3.98. The van der Waals surface area contributed by atoms with Crippen LogP contribution in [0.3, 0.4) is 0 Å². The molecule has 1 aliphatic carbocycles. The van der Waals surface area contributed by atoms with E-state index in [1.807, 2.05) is 79.1 Å². The van der Waals surface area contributed by atoms with Gasteiger partial charge in [0.15, 0.2) is 5.43 Å². The van der Waals surface area contributed by atoms with Crippen molar-refractivity contribution >= 4 is 38.1 Å². The summed E-state index contributed by atoms with van der Waals surface area (Å²) in [5.41, 5.74) is 1.81. The van der Waals surface area contributed by atoms with E-state index in [4.69, 9.17) is 0 Å². The van der Waals surface area contributed by atoms with Crippen LogP contribution in [-0.4, -0.2) is 24.0 Å². The van der Waals surface area contributed by atoms with E-state index in [2.05, 4.69) is 4.98 Å². The molecule has 34 heavy (non-hydrogen) atoms. The van der Waals surface area contributed by atoms with Crippen LogP contribution in [0.25, 0.3) is 16.6 Å². The number of pyridine rings is 2. The molecule has 0 N–H and O–H groups in total. The first-order chi connectivity index (χ1) is 16.4. The molecule has 8 heteroatoms. The molecule has 2 atom stereocenters. The molecule has 1 aromatic carbocycles. The number of rotatable bonds is 5. The van der Waals surface area contributed by atoms with Gasteiger partial charge in [-0.05, 0) is 42.5 Å². The van der Waals surface area contributed by atoms with Crippen LogP contribution in [0.2, 0.25) is 0 Å². The van der Waals surface area contributed by atoms with Crippen molar-refractivity contribution in [1.29, 1.82) is 0 Å². The van der Waals surface area contributed by atoms with Gasteiger partial charge in [-0.3, -0.25) is 14.3 Å². The van der Waals surface area contributed by atoms with Crippen molar-refractivity contribution in [3.05, 3.63) is 106 Å². The van der Waals surface area contributed by atoms with E-state index < -0.39 is 16.1 Å². The zero-order valence-electron chi connectivity index (χ0n) is 18.7. The number of hydrogen-bond donors (Lipinski definition) is 0. The Morgan fingerprint density at radius 3 is 2.50 bits per heavy atom. The van der Waals surface area contributed by atoms with Gasteiger partial charge in [-0.2, -0.15) is 0 Å². The lowest BCUT2D eigenvalue weighted by molar-refractivity contribution is 0.561. The summed E-state index contributed by atoms with van der Waals surface area (Å²) < 4.78 is 31.6. The third-order valence-corrected chi connectivity index (χ3v) is 9.08. The molecule has 0 bridgehead atoms. The molecular weight excluding hydrogens is 466 g/mol. The Bertz CT molecular complexity index is 1570. The van der Waals surface area contributed by atoms with Gasteiger partial charge in [0, 0.05) is 23.6 Å². The molecule has 0 amide bonds. The minimum atomic E-state index is -3.98. The van der Waals surface area contributed by atoms with Crippen molar-refractivity contribution in [2.45, 2.75) is 24.1 Å². The van der Waals surface area contributed by atoms with Crippen molar-refractivity contribution < 1.29 is 8.42 Å². The van der Waals surface area contributed by atoms with E-state index in [0.717, 1.165) is 22.7 Å². The van der Waals surface area contributed by atoms with Gasteiger partial charge >= 0.3 is 0 Å². The summed E-state index contributed by atoms with van der Waals surface area (Å²) >= 11 is 1.16. The number of allylic oxidation sites excluding steroid dienone is 2. The second-order valence-electron chi connectivity index (χ2n) is 8.23. The standard InChI is InChI=1S/C26H23N3O3S2/c1-18-9-6-7-12-22(18)29(34(31,32)26-13-8-14-33-26)25-16-24(30)21-17-27-19(2)15-23(21)28(25)20-10-4-3-5-11-20/h3-18,22H,1-2H3. The molecule has 0 radical (unpaired) electrons. The van der Waals surface area contributed by atoms with Gasteiger partial charge in [-0.1, -0.05) is 55.5 Å². The maximum absolute atomic E-state index is 14.1. The van der Waals surface area contributed by atoms with Crippen LogP contribution in [0.1, 0.15) is 12.6 Å². The number of para-hydroxylation sites is 1. The van der Waals surface area contributed by atoms with E-state index in [1.165, 1.54) is 10.4 Å². The third-order valence-electron chi connectivity index (χ3n) is 5.91. The molecule has 1 aliphatic rings. The van der Waals surface area contributed by atoms with Crippen LogP contribution in [0.5, 0.6) is 0 Å². The molecule has 0 saturated carbocycles. The summed E-state index contributed by atoms with van der Waals surface area (Å²) in [6, 6.07) is 15.5. The molecule has 2 unspecified atom stereocenters. The second-order valence-corrected chi connectivity index (χ2v) is 11.2. The highest BCUT2D eigenvalue weighted by Crippen LogP contribution is 2.35. The lowest BCUT2D eigenvalue weighted by atomic mass is 9.97. The van der Waals surface area contributed by atoms with Crippen LogP contribution in [0.4, 0.5) is 5.82 Å². The summed E-state index contributed by atoms with van der Waals surface area (Å²) in [6.07, 6.45) is 9.16. The summed E-state index contributed by atoms with van der Waals surface area (Å²) in [4.78, 5) is 17.6. The highest BCUT2D eigenvalue weighted by molar-refractivity contribution is 7.94. The highest BCUT2D eigenvalue weighted by atomic mass is 32.2. The van der Waals surface area contributed by atoms with Crippen molar-refractivity contribution in [1.82, 2.24) is 9.55 Å². The Morgan fingerprint density at radius 2 is 1.79 bits per heavy atom. The van der Waals surface area contributed by atoms with Crippen LogP contribution in [0, 0.1) is 12.8 Å². The Kier molecular flexibility index (Phi) is 5.71. The predicted molar refractivity (Wildman–Crippen MR) is 137 cm³/mol. The van der Waals surface area contributed by atoms with Crippen LogP contribution in [0.15, 0.2) is 99.5 Å². The topological polar surface area (TPSA) is 72.3 Å². The Labute approximate surface area is 202 Å². The molecular formula is C26H23N3O3S2. The lowest BCUT2D eigenvalue weighted by Crippen LogP contribution is -2.44. The smallest absolute Gasteiger partial charge is 0.275 e. The number of thiophene rings is 1. The van der Waals surface area contributed by atoms with Gasteiger partial charge in [0.1, 0.15) is 10.0 Å². The van der Waals surface area contributed by atoms with Crippen molar-refractivity contribution in [2.75, 3.05) is 4.31 Å². The van der Waals surface area contributed by atoms with E-state index in [1.54, 1.807) is 23.7 Å². The number of anilines is 1. The fourth-order valence-electron chi connectivity index (χ4n) is 4.26. The predicted octanol–water partition coefficient (Wildman–Crippen LogP) is 5.08. The average molecular weight is 490 g/mol. The SMILES string of the molecule is Cc1cc2c(cn1)c(=O)cc(N(C1C=CC=CC1C)S(=O)(=O)c1cccs1)n2-c1ccccc1. The van der Waals surface area contributed by atoms with Crippen LogP contribution >= 0.6 is 11.3 Å². The number of benzene rings is 1. The maximum atomic E-state index is 14.1. The van der Waals surface area contributed by atoms with E-state index in [0.29, 0.717) is 16.7 Å². The lowest BCUT2D eigenvalue weighted by Gasteiger charge is -2.36. The summed E-state index contributed by atoms with van der Waals surface area (Å²) in [5.74, 6) is 0.188. The molecule has 0 fully saturated rings. The Balaban J connectivity index is 1.90. The molecule has 6 nitrogen and oxygen atoms in total. The van der Waals surface area contributed by atoms with E-state index >= 15 is 0 Å². The minimum absolute atomic E-state index is 0.103. The first-order valence-electron chi connectivity index (χ1n) is 10.9.